The SMILES string of the molecule is CC(C)(C)Nc1cc2c(c(Cl)n1)CCO2. The van der Waals surface area contributed by atoms with Crippen LogP contribution in [0.15, 0.2) is 6.07 Å². The molecule has 0 saturated carbocycles. The molecule has 0 bridgehead atoms. The Morgan fingerprint density at radius 2 is 2.20 bits per heavy atom. The molecule has 0 aromatic carbocycles. The highest BCUT2D eigenvalue weighted by Gasteiger charge is 2.19. The fourth-order valence-corrected chi connectivity index (χ4v) is 1.86. The van der Waals surface area contributed by atoms with E-state index in [-0.39, 0.29) is 5.54 Å². The molecule has 3 nitrogen and oxygen atoms in total. The van der Waals surface area contributed by atoms with E-state index in [0.29, 0.717) is 11.8 Å². The summed E-state index contributed by atoms with van der Waals surface area (Å²) in [5.74, 6) is 1.63. The molecule has 4 heteroatoms. The highest BCUT2D eigenvalue weighted by molar-refractivity contribution is 6.30. The Hall–Kier alpha value is -0.960. The van der Waals surface area contributed by atoms with Crippen LogP contribution in [0.1, 0.15) is 26.3 Å². The van der Waals surface area contributed by atoms with Crippen molar-refractivity contribution in [3.63, 3.8) is 0 Å². The van der Waals surface area contributed by atoms with Crippen molar-refractivity contribution in [2.75, 3.05) is 11.9 Å². The van der Waals surface area contributed by atoms with Gasteiger partial charge in [-0.25, -0.2) is 4.98 Å². The van der Waals surface area contributed by atoms with Gasteiger partial charge in [-0.2, -0.15) is 0 Å². The number of pyridine rings is 1. The molecule has 0 aliphatic carbocycles. The average molecular weight is 227 g/mol. The van der Waals surface area contributed by atoms with Gasteiger partial charge in [0, 0.05) is 23.6 Å². The fraction of sp³-hybridized carbons (Fsp3) is 0.545. The predicted octanol–water partition coefficient (Wildman–Crippen LogP) is 2.88. The van der Waals surface area contributed by atoms with Gasteiger partial charge in [0.1, 0.15) is 16.7 Å². The molecule has 15 heavy (non-hydrogen) atoms. The number of fused-ring (bicyclic) bond motifs is 1. The lowest BCUT2D eigenvalue weighted by molar-refractivity contribution is 0.357. The van der Waals surface area contributed by atoms with Gasteiger partial charge in [-0.15, -0.1) is 0 Å². The first-order valence-electron chi connectivity index (χ1n) is 5.06. The molecule has 0 amide bonds. The third-order valence-corrected chi connectivity index (χ3v) is 2.46. The fourth-order valence-electron chi connectivity index (χ4n) is 1.58. The predicted molar refractivity (Wildman–Crippen MR) is 61.8 cm³/mol. The molecule has 1 aromatic rings. The average Bonchev–Trinajstić information content (AvgIpc) is 2.48. The van der Waals surface area contributed by atoms with Crippen molar-refractivity contribution in [3.8, 4) is 5.75 Å². The molecule has 1 aliphatic heterocycles. The summed E-state index contributed by atoms with van der Waals surface area (Å²) >= 11 is 6.07. The molecule has 2 rings (SSSR count). The van der Waals surface area contributed by atoms with Crippen molar-refractivity contribution in [2.24, 2.45) is 0 Å². The molecule has 0 spiro atoms. The van der Waals surface area contributed by atoms with Crippen LogP contribution in [0, 0.1) is 0 Å². The quantitative estimate of drug-likeness (QED) is 0.748. The molecule has 1 N–H and O–H groups in total. The van der Waals surface area contributed by atoms with E-state index < -0.39 is 0 Å². The first-order valence-corrected chi connectivity index (χ1v) is 5.44. The maximum Gasteiger partial charge on any atom is 0.138 e. The van der Waals surface area contributed by atoms with E-state index in [9.17, 15) is 0 Å². The Morgan fingerprint density at radius 3 is 2.87 bits per heavy atom. The number of ether oxygens (including phenoxy) is 1. The van der Waals surface area contributed by atoms with Crippen molar-refractivity contribution in [1.82, 2.24) is 4.98 Å². The molecule has 0 unspecified atom stereocenters. The van der Waals surface area contributed by atoms with E-state index in [1.807, 2.05) is 6.07 Å². The Balaban J connectivity index is 2.32. The minimum atomic E-state index is -0.0246. The van der Waals surface area contributed by atoms with Crippen LogP contribution >= 0.6 is 11.6 Å². The first-order chi connectivity index (χ1) is 6.96. The highest BCUT2D eigenvalue weighted by atomic mass is 35.5. The molecule has 1 aromatic heterocycles. The molecule has 2 heterocycles. The molecular formula is C11H15ClN2O. The molecular weight excluding hydrogens is 212 g/mol. The summed E-state index contributed by atoms with van der Waals surface area (Å²) in [6.07, 6.45) is 0.858. The Bertz CT molecular complexity index is 385. The smallest absolute Gasteiger partial charge is 0.138 e. The van der Waals surface area contributed by atoms with Crippen molar-refractivity contribution in [3.05, 3.63) is 16.8 Å². The van der Waals surface area contributed by atoms with Gasteiger partial charge in [-0.05, 0) is 20.8 Å². The number of hydrogen-bond acceptors (Lipinski definition) is 3. The van der Waals surface area contributed by atoms with E-state index in [1.165, 1.54) is 0 Å². The van der Waals surface area contributed by atoms with Gasteiger partial charge in [-0.3, -0.25) is 0 Å². The number of halogens is 1. The van der Waals surface area contributed by atoms with Crippen LogP contribution in [-0.2, 0) is 6.42 Å². The highest BCUT2D eigenvalue weighted by Crippen LogP contribution is 2.33. The van der Waals surface area contributed by atoms with Crippen LogP contribution in [0.4, 0.5) is 5.82 Å². The van der Waals surface area contributed by atoms with E-state index >= 15 is 0 Å². The topological polar surface area (TPSA) is 34.2 Å². The van der Waals surface area contributed by atoms with E-state index in [0.717, 1.165) is 23.6 Å². The zero-order valence-electron chi connectivity index (χ0n) is 9.22. The zero-order valence-corrected chi connectivity index (χ0v) is 9.98. The third kappa shape index (κ3) is 2.34. The van der Waals surface area contributed by atoms with Crippen LogP contribution in [0.25, 0.3) is 0 Å². The number of anilines is 1. The van der Waals surface area contributed by atoms with Crippen molar-refractivity contribution in [2.45, 2.75) is 32.7 Å². The number of aromatic nitrogens is 1. The third-order valence-electron chi connectivity index (χ3n) is 2.15. The Morgan fingerprint density at radius 1 is 1.47 bits per heavy atom. The lowest BCUT2D eigenvalue weighted by Crippen LogP contribution is -2.26. The molecule has 82 valence electrons. The van der Waals surface area contributed by atoms with Crippen LogP contribution in [0.5, 0.6) is 5.75 Å². The standard InChI is InChI=1S/C11H15ClN2O/c1-11(2,3)14-9-6-8-7(4-5-15-8)10(12)13-9/h6H,4-5H2,1-3H3,(H,13,14). The zero-order chi connectivity index (χ0) is 11.1. The summed E-state index contributed by atoms with van der Waals surface area (Å²) in [6.45, 7) is 6.94. The summed E-state index contributed by atoms with van der Waals surface area (Å²) in [6, 6.07) is 1.92. The van der Waals surface area contributed by atoms with Gasteiger partial charge in [-0.1, -0.05) is 11.6 Å². The first kappa shape index (κ1) is 10.6. The molecule has 0 atom stereocenters. The summed E-state index contributed by atoms with van der Waals surface area (Å²) in [5, 5.41) is 3.83. The molecule has 1 aliphatic rings. The number of hydrogen-bond donors (Lipinski definition) is 1. The van der Waals surface area contributed by atoms with E-state index in [2.05, 4.69) is 31.1 Å². The second-order valence-corrected chi connectivity index (χ2v) is 5.11. The maximum atomic E-state index is 6.07. The second kappa shape index (κ2) is 3.56. The molecule has 0 fully saturated rings. The second-order valence-electron chi connectivity index (χ2n) is 4.75. The maximum absolute atomic E-state index is 6.07. The monoisotopic (exact) mass is 226 g/mol. The Kier molecular flexibility index (Phi) is 2.51. The van der Waals surface area contributed by atoms with Crippen molar-refractivity contribution < 1.29 is 4.74 Å². The van der Waals surface area contributed by atoms with Gasteiger partial charge >= 0.3 is 0 Å². The van der Waals surface area contributed by atoms with E-state index in [1.54, 1.807) is 0 Å². The number of nitrogens with one attached hydrogen (secondary N) is 1. The van der Waals surface area contributed by atoms with Gasteiger partial charge in [0.15, 0.2) is 0 Å². The largest absolute Gasteiger partial charge is 0.493 e. The minimum Gasteiger partial charge on any atom is -0.493 e. The normalized spacial score (nSPS) is 14.7. The lowest BCUT2D eigenvalue weighted by atomic mass is 10.1. The Labute approximate surface area is 94.8 Å². The number of nitrogens with zero attached hydrogens (tertiary/aromatic N) is 1. The molecule has 0 radical (unpaired) electrons. The van der Waals surface area contributed by atoms with Crippen LogP contribution in [0.3, 0.4) is 0 Å². The van der Waals surface area contributed by atoms with Gasteiger partial charge in [0.2, 0.25) is 0 Å². The lowest BCUT2D eigenvalue weighted by Gasteiger charge is -2.21. The van der Waals surface area contributed by atoms with Crippen molar-refractivity contribution >= 4 is 17.4 Å². The van der Waals surface area contributed by atoms with Gasteiger partial charge < -0.3 is 10.1 Å². The van der Waals surface area contributed by atoms with Crippen LogP contribution in [-0.4, -0.2) is 17.1 Å². The van der Waals surface area contributed by atoms with Crippen LogP contribution < -0.4 is 10.1 Å². The summed E-state index contributed by atoms with van der Waals surface area (Å²) in [5.41, 5.74) is 1.000. The summed E-state index contributed by atoms with van der Waals surface area (Å²) < 4.78 is 5.47. The number of rotatable bonds is 1. The summed E-state index contributed by atoms with van der Waals surface area (Å²) in [7, 11) is 0. The van der Waals surface area contributed by atoms with Crippen LogP contribution in [0.2, 0.25) is 5.15 Å². The van der Waals surface area contributed by atoms with Gasteiger partial charge in [0.05, 0.1) is 6.61 Å². The molecule has 0 saturated heterocycles. The van der Waals surface area contributed by atoms with E-state index in [4.69, 9.17) is 16.3 Å². The van der Waals surface area contributed by atoms with Crippen molar-refractivity contribution in [1.29, 1.82) is 0 Å². The minimum absolute atomic E-state index is 0.0246. The summed E-state index contributed by atoms with van der Waals surface area (Å²) in [4.78, 5) is 4.30. The van der Waals surface area contributed by atoms with Gasteiger partial charge in [0.25, 0.3) is 0 Å².